The van der Waals surface area contributed by atoms with E-state index in [-0.39, 0.29) is 6.10 Å². The molecule has 0 aliphatic carbocycles. The highest BCUT2D eigenvalue weighted by atomic mass is 32.2. The molecule has 0 spiro atoms. The fourth-order valence-corrected chi connectivity index (χ4v) is 6.47. The zero-order valence-electron chi connectivity index (χ0n) is 19.7. The summed E-state index contributed by atoms with van der Waals surface area (Å²) < 4.78 is 44.9. The van der Waals surface area contributed by atoms with E-state index in [1.165, 1.54) is 0 Å². The van der Waals surface area contributed by atoms with Crippen molar-refractivity contribution in [1.82, 2.24) is 0 Å². The molecule has 2 aromatic carbocycles. The van der Waals surface area contributed by atoms with Crippen LogP contribution in [0.5, 0.6) is 0 Å². The molecule has 0 bridgehead atoms. The van der Waals surface area contributed by atoms with Crippen LogP contribution < -0.4 is 0 Å². The second-order valence-corrected chi connectivity index (χ2v) is 15.6. The molecule has 2 aliphatic heterocycles. The van der Waals surface area contributed by atoms with Crippen LogP contribution in [0.15, 0.2) is 60.7 Å². The lowest BCUT2D eigenvalue weighted by atomic mass is 9.98. The Morgan fingerprint density at radius 1 is 0.970 bits per heavy atom. The minimum atomic E-state index is -2.01. The second kappa shape index (κ2) is 10.9. The second-order valence-electron chi connectivity index (χ2n) is 9.35. The van der Waals surface area contributed by atoms with Crippen molar-refractivity contribution in [3.63, 3.8) is 0 Å². The van der Waals surface area contributed by atoms with Crippen LogP contribution in [0.4, 0.5) is 0 Å². The number of ether oxygens (including phenoxy) is 4. The minimum Gasteiger partial charge on any atom is -0.408 e. The molecule has 0 saturated carbocycles. The maximum Gasteiger partial charge on any atom is 0.184 e. The van der Waals surface area contributed by atoms with Gasteiger partial charge in [-0.3, -0.25) is 4.21 Å². The summed E-state index contributed by atoms with van der Waals surface area (Å²) >= 11 is 0. The number of rotatable bonds is 8. The van der Waals surface area contributed by atoms with Gasteiger partial charge in [-0.15, -0.1) is 0 Å². The highest BCUT2D eigenvalue weighted by Crippen LogP contribution is 2.38. The van der Waals surface area contributed by atoms with Crippen molar-refractivity contribution >= 4 is 19.1 Å². The predicted molar refractivity (Wildman–Crippen MR) is 131 cm³/mol. The Labute approximate surface area is 200 Å². The van der Waals surface area contributed by atoms with E-state index in [4.69, 9.17) is 23.4 Å². The minimum absolute atomic E-state index is 0.340. The smallest absolute Gasteiger partial charge is 0.184 e. The van der Waals surface area contributed by atoms with Gasteiger partial charge in [0.15, 0.2) is 20.0 Å². The van der Waals surface area contributed by atoms with Crippen molar-refractivity contribution in [1.29, 1.82) is 0 Å². The third-order valence-corrected chi connectivity index (χ3v) is 8.12. The first-order valence-electron chi connectivity index (χ1n) is 11.5. The molecule has 0 N–H and O–H groups in total. The molecule has 2 aliphatic rings. The van der Waals surface area contributed by atoms with Crippen molar-refractivity contribution in [3.8, 4) is 0 Å². The van der Waals surface area contributed by atoms with Crippen molar-refractivity contribution in [2.24, 2.45) is 0 Å². The fourth-order valence-electron chi connectivity index (χ4n) is 4.19. The molecule has 180 valence electrons. The average molecular weight is 491 g/mol. The van der Waals surface area contributed by atoms with Gasteiger partial charge in [0.2, 0.25) is 0 Å². The molecule has 8 heteroatoms. The summed E-state index contributed by atoms with van der Waals surface area (Å²) in [5.41, 5.74) is 1.41. The molecule has 0 radical (unpaired) electrons. The van der Waals surface area contributed by atoms with E-state index in [0.29, 0.717) is 19.0 Å². The van der Waals surface area contributed by atoms with Gasteiger partial charge in [0.1, 0.15) is 24.4 Å². The van der Waals surface area contributed by atoms with Crippen LogP contribution in [0.2, 0.25) is 19.6 Å². The lowest BCUT2D eigenvalue weighted by Gasteiger charge is -2.50. The topological polar surface area (TPSA) is 63.2 Å². The standard InChI is InChI=1S/C25H34O6SSi/c1-5-32(26)25-23(31-33(2,3)4)22(27-16-18-12-8-6-9-13-18)21-20(29-25)17-28-24(30-21)19-14-10-7-11-15-19/h6-15,20-25H,5,16-17H2,1-4H3/t20-,21-,22+,23+,24?,25-,32?/m1/s1. The van der Waals surface area contributed by atoms with Crippen LogP contribution in [0.3, 0.4) is 0 Å². The highest BCUT2D eigenvalue weighted by molar-refractivity contribution is 7.85. The van der Waals surface area contributed by atoms with Crippen molar-refractivity contribution in [3.05, 3.63) is 71.8 Å². The Kier molecular flexibility index (Phi) is 8.17. The van der Waals surface area contributed by atoms with Crippen LogP contribution in [0.25, 0.3) is 0 Å². The zero-order chi connectivity index (χ0) is 23.4. The lowest BCUT2D eigenvalue weighted by molar-refractivity contribution is -0.323. The summed E-state index contributed by atoms with van der Waals surface area (Å²) in [5, 5.41) is 0. The maximum atomic E-state index is 13.0. The van der Waals surface area contributed by atoms with Crippen molar-refractivity contribution in [2.45, 2.75) is 69.3 Å². The van der Waals surface area contributed by atoms with E-state index in [0.717, 1.165) is 11.1 Å². The number of fused-ring (bicyclic) bond motifs is 1. The Morgan fingerprint density at radius 2 is 1.64 bits per heavy atom. The molecule has 2 aromatic rings. The molecule has 6 nitrogen and oxygen atoms in total. The molecule has 4 rings (SSSR count). The highest BCUT2D eigenvalue weighted by Gasteiger charge is 2.53. The summed E-state index contributed by atoms with van der Waals surface area (Å²) in [5.74, 6) is 0.480. The molecular weight excluding hydrogens is 456 g/mol. The SMILES string of the molecule is CCS(=O)[C@H]1O[C@@H]2COC(c3ccccc3)O[C@H]2[C@H](OCc2ccccc2)[C@@H]1O[Si](C)(C)C. The van der Waals surface area contributed by atoms with E-state index < -0.39 is 49.2 Å². The molecule has 7 atom stereocenters. The van der Waals surface area contributed by atoms with Crippen LogP contribution in [-0.2, 0) is 40.8 Å². The molecule has 2 saturated heterocycles. The molecule has 0 aromatic heterocycles. The quantitative estimate of drug-likeness (QED) is 0.511. The van der Waals surface area contributed by atoms with Crippen LogP contribution in [0.1, 0.15) is 24.3 Å². The normalized spacial score (nSPS) is 31.0. The van der Waals surface area contributed by atoms with E-state index in [1.54, 1.807) is 0 Å². The van der Waals surface area contributed by atoms with E-state index in [9.17, 15) is 4.21 Å². The number of benzene rings is 2. The maximum absolute atomic E-state index is 13.0. The molecule has 2 unspecified atom stereocenters. The van der Waals surface area contributed by atoms with Crippen LogP contribution in [-0.4, -0.2) is 54.7 Å². The summed E-state index contributed by atoms with van der Waals surface area (Å²) in [7, 11) is -3.24. The Morgan fingerprint density at radius 3 is 2.27 bits per heavy atom. The lowest BCUT2D eigenvalue weighted by Crippen LogP contribution is -2.65. The van der Waals surface area contributed by atoms with Crippen molar-refractivity contribution < 1.29 is 27.6 Å². The fraction of sp³-hybridized carbons (Fsp3) is 0.520. The van der Waals surface area contributed by atoms with Gasteiger partial charge in [-0.25, -0.2) is 0 Å². The first-order chi connectivity index (χ1) is 15.9. The molecule has 2 fully saturated rings. The van der Waals surface area contributed by atoms with Gasteiger partial charge in [0.25, 0.3) is 0 Å². The first-order valence-corrected chi connectivity index (χ1v) is 16.3. The Balaban J connectivity index is 1.64. The summed E-state index contributed by atoms with van der Waals surface area (Å²) in [6, 6.07) is 19.9. The van der Waals surface area contributed by atoms with E-state index in [2.05, 4.69) is 19.6 Å². The zero-order valence-corrected chi connectivity index (χ0v) is 21.5. The van der Waals surface area contributed by atoms with Crippen molar-refractivity contribution in [2.75, 3.05) is 12.4 Å². The monoisotopic (exact) mass is 490 g/mol. The van der Waals surface area contributed by atoms with Gasteiger partial charge in [0, 0.05) is 11.3 Å². The van der Waals surface area contributed by atoms with Gasteiger partial charge < -0.3 is 23.4 Å². The van der Waals surface area contributed by atoms with Gasteiger partial charge in [-0.05, 0) is 25.2 Å². The van der Waals surface area contributed by atoms with E-state index in [1.807, 2.05) is 67.6 Å². The Hall–Kier alpha value is -1.39. The van der Waals surface area contributed by atoms with E-state index >= 15 is 0 Å². The number of hydrogen-bond acceptors (Lipinski definition) is 6. The van der Waals surface area contributed by atoms with Gasteiger partial charge in [0.05, 0.1) is 24.0 Å². The third kappa shape index (κ3) is 6.19. The summed E-state index contributed by atoms with van der Waals surface area (Å²) in [6.07, 6.45) is -2.23. The van der Waals surface area contributed by atoms with Gasteiger partial charge >= 0.3 is 0 Å². The molecule has 33 heavy (non-hydrogen) atoms. The Bertz CT molecular complexity index is 906. The van der Waals surface area contributed by atoms with Crippen LogP contribution >= 0.6 is 0 Å². The largest absolute Gasteiger partial charge is 0.408 e. The molecular formula is C25H34O6SSi. The van der Waals surface area contributed by atoms with Gasteiger partial charge in [-0.1, -0.05) is 67.6 Å². The average Bonchev–Trinajstić information content (AvgIpc) is 2.82. The van der Waals surface area contributed by atoms with Crippen LogP contribution in [0, 0.1) is 0 Å². The van der Waals surface area contributed by atoms with Gasteiger partial charge in [-0.2, -0.15) is 0 Å². The molecule has 2 heterocycles. The summed E-state index contributed by atoms with van der Waals surface area (Å²) in [4.78, 5) is 0. The molecule has 0 amide bonds. The third-order valence-electron chi connectivity index (χ3n) is 5.67. The predicted octanol–water partition coefficient (Wildman–Crippen LogP) is 4.40. The number of hydrogen-bond donors (Lipinski definition) is 0. The first kappa shape index (κ1) is 24.7. The summed E-state index contributed by atoms with van der Waals surface area (Å²) in [6.45, 7) is 9.01.